The van der Waals surface area contributed by atoms with Crippen LogP contribution in [-0.4, -0.2) is 47.4 Å². The summed E-state index contributed by atoms with van der Waals surface area (Å²) in [7, 11) is 0. The van der Waals surface area contributed by atoms with E-state index in [0.717, 1.165) is 16.7 Å². The second-order valence-corrected chi connectivity index (χ2v) is 8.21. The topological polar surface area (TPSA) is 113 Å². The highest BCUT2D eigenvalue weighted by molar-refractivity contribution is 5.95. The molecule has 2 aromatic rings. The number of carbonyl (C=O) groups excluding carboxylic acids is 3. The highest BCUT2D eigenvalue weighted by Gasteiger charge is 2.28. The van der Waals surface area contributed by atoms with Gasteiger partial charge in [-0.2, -0.15) is 0 Å². The second-order valence-electron chi connectivity index (χ2n) is 8.21. The first-order valence-corrected chi connectivity index (χ1v) is 10.7. The minimum Gasteiger partial charge on any atom is -0.481 e. The molecule has 2 rings (SSSR count). The summed E-state index contributed by atoms with van der Waals surface area (Å²) in [6.07, 6.45) is -0.447. The first-order valence-electron chi connectivity index (χ1n) is 10.7. The number of carboxylic acids is 1. The molecule has 2 atom stereocenters. The number of amides is 2. The van der Waals surface area contributed by atoms with Crippen LogP contribution in [0.4, 0.5) is 4.39 Å². The number of benzene rings is 2. The number of hydrogen-bond acceptors (Lipinski definition) is 4. The van der Waals surface area contributed by atoms with Gasteiger partial charge in [-0.3, -0.25) is 19.2 Å². The predicted octanol–water partition coefficient (Wildman–Crippen LogP) is 2.93. The fourth-order valence-corrected chi connectivity index (χ4v) is 3.48. The molecule has 2 amide bonds. The molecule has 0 bridgehead atoms. The van der Waals surface area contributed by atoms with Gasteiger partial charge >= 0.3 is 5.97 Å². The van der Waals surface area contributed by atoms with Gasteiger partial charge in [0.1, 0.15) is 18.8 Å². The van der Waals surface area contributed by atoms with E-state index in [1.54, 1.807) is 0 Å². The largest absolute Gasteiger partial charge is 0.481 e. The Kier molecular flexibility index (Phi) is 9.72. The highest BCUT2D eigenvalue weighted by atomic mass is 19.1. The lowest BCUT2D eigenvalue weighted by Crippen LogP contribution is -2.53. The van der Waals surface area contributed by atoms with Crippen molar-refractivity contribution < 1.29 is 28.7 Å². The van der Waals surface area contributed by atoms with Gasteiger partial charge in [0.2, 0.25) is 11.8 Å². The van der Waals surface area contributed by atoms with Crippen LogP contribution in [0.5, 0.6) is 0 Å². The number of alkyl halides is 1. The maximum Gasteiger partial charge on any atom is 0.305 e. The molecule has 176 valence electrons. The monoisotopic (exact) mass is 456 g/mol. The summed E-state index contributed by atoms with van der Waals surface area (Å²) in [4.78, 5) is 48.3. The fourth-order valence-electron chi connectivity index (χ4n) is 3.48. The number of hydrogen-bond donors (Lipinski definition) is 3. The molecule has 33 heavy (non-hydrogen) atoms. The quantitative estimate of drug-likeness (QED) is 0.455. The summed E-state index contributed by atoms with van der Waals surface area (Å²) in [6.45, 7) is 2.33. The van der Waals surface area contributed by atoms with E-state index in [1.807, 2.05) is 68.4 Å². The molecule has 0 fully saturated rings. The molecule has 8 heteroatoms. The van der Waals surface area contributed by atoms with Crippen molar-refractivity contribution >= 4 is 23.6 Å². The van der Waals surface area contributed by atoms with Crippen molar-refractivity contribution in [3.05, 3.63) is 60.2 Å². The Labute approximate surface area is 192 Å². The van der Waals surface area contributed by atoms with Crippen molar-refractivity contribution in [2.24, 2.45) is 5.92 Å². The molecule has 0 spiro atoms. The zero-order chi connectivity index (χ0) is 24.4. The maximum absolute atomic E-state index is 12.8. The SMILES string of the molecule is CC(C)C[C@H](NC(=O)Cc1ccccc1-c1ccccc1)C(=O)NC(CC(=O)O)C(=O)CF. The number of nitrogens with one attached hydrogen (secondary N) is 2. The van der Waals surface area contributed by atoms with Crippen molar-refractivity contribution in [3.8, 4) is 11.1 Å². The Morgan fingerprint density at radius 3 is 2.15 bits per heavy atom. The van der Waals surface area contributed by atoms with E-state index in [9.17, 15) is 23.6 Å². The van der Waals surface area contributed by atoms with Gasteiger partial charge in [-0.15, -0.1) is 0 Å². The average molecular weight is 457 g/mol. The predicted molar refractivity (Wildman–Crippen MR) is 122 cm³/mol. The van der Waals surface area contributed by atoms with Gasteiger partial charge in [-0.1, -0.05) is 68.4 Å². The highest BCUT2D eigenvalue weighted by Crippen LogP contribution is 2.23. The molecule has 0 aromatic heterocycles. The summed E-state index contributed by atoms with van der Waals surface area (Å²) in [5.41, 5.74) is 2.63. The molecule has 3 N–H and O–H groups in total. The number of rotatable bonds is 12. The van der Waals surface area contributed by atoms with Crippen LogP contribution in [0.3, 0.4) is 0 Å². The molecule has 1 unspecified atom stereocenters. The molecule has 2 aromatic carbocycles. The third kappa shape index (κ3) is 8.14. The Bertz CT molecular complexity index is 978. The summed E-state index contributed by atoms with van der Waals surface area (Å²) in [5, 5.41) is 13.9. The van der Waals surface area contributed by atoms with Gasteiger partial charge in [-0.25, -0.2) is 4.39 Å². The van der Waals surface area contributed by atoms with Crippen molar-refractivity contribution in [3.63, 3.8) is 0 Å². The number of aliphatic carboxylic acids is 1. The molecular formula is C25H29FN2O5. The van der Waals surface area contributed by atoms with E-state index in [2.05, 4.69) is 10.6 Å². The number of carboxylic acid groups (broad SMARTS) is 1. The van der Waals surface area contributed by atoms with Crippen molar-refractivity contribution in [2.45, 2.75) is 45.2 Å². The van der Waals surface area contributed by atoms with E-state index in [1.165, 1.54) is 0 Å². The van der Waals surface area contributed by atoms with Crippen LogP contribution in [0.15, 0.2) is 54.6 Å². The Balaban J connectivity index is 2.15. The maximum atomic E-state index is 12.8. The first kappa shape index (κ1) is 25.7. The normalized spacial score (nSPS) is 12.6. The summed E-state index contributed by atoms with van der Waals surface area (Å²) in [5.74, 6) is -3.47. The molecule has 0 saturated carbocycles. The average Bonchev–Trinajstić information content (AvgIpc) is 2.78. The molecule has 0 aliphatic rings. The smallest absolute Gasteiger partial charge is 0.305 e. The van der Waals surface area contributed by atoms with Crippen LogP contribution in [0.1, 0.15) is 32.3 Å². The summed E-state index contributed by atoms with van der Waals surface area (Å²) in [6, 6.07) is 14.6. The summed E-state index contributed by atoms with van der Waals surface area (Å²) < 4.78 is 12.8. The van der Waals surface area contributed by atoms with Gasteiger partial charge in [0.05, 0.1) is 12.8 Å². The van der Waals surface area contributed by atoms with Gasteiger partial charge in [0, 0.05) is 0 Å². The number of halogens is 1. The number of Topliss-reactive ketones (excluding diaryl/α,β-unsaturated/α-hetero) is 1. The third-order valence-electron chi connectivity index (χ3n) is 5.03. The van der Waals surface area contributed by atoms with Crippen molar-refractivity contribution in [1.29, 1.82) is 0 Å². The molecule has 0 radical (unpaired) electrons. The molecule has 0 aliphatic heterocycles. The molecule has 0 saturated heterocycles. The first-order chi connectivity index (χ1) is 15.7. The van der Waals surface area contributed by atoms with E-state index in [-0.39, 0.29) is 18.8 Å². The van der Waals surface area contributed by atoms with E-state index in [0.29, 0.717) is 0 Å². The standard InChI is InChI=1S/C25H29FN2O5/c1-16(2)12-21(25(33)28-20(14-24(31)32)22(29)15-26)27-23(30)13-18-10-6-7-11-19(18)17-8-4-3-5-9-17/h3-11,16,20-21H,12-15H2,1-2H3,(H,27,30)(H,28,33)(H,31,32)/t20?,21-/m0/s1. The minimum absolute atomic E-state index is 0.0208. The Morgan fingerprint density at radius 1 is 0.909 bits per heavy atom. The number of carbonyl (C=O) groups is 4. The van der Waals surface area contributed by atoms with Gasteiger partial charge in [-0.05, 0) is 29.0 Å². The van der Waals surface area contributed by atoms with Crippen LogP contribution >= 0.6 is 0 Å². The van der Waals surface area contributed by atoms with Crippen molar-refractivity contribution in [2.75, 3.05) is 6.67 Å². The van der Waals surface area contributed by atoms with E-state index < -0.39 is 48.7 Å². The lowest BCUT2D eigenvalue weighted by Gasteiger charge is -2.23. The van der Waals surface area contributed by atoms with Crippen LogP contribution in [0.25, 0.3) is 11.1 Å². The van der Waals surface area contributed by atoms with Gasteiger partial charge in [0.15, 0.2) is 5.78 Å². The van der Waals surface area contributed by atoms with Crippen LogP contribution in [0, 0.1) is 5.92 Å². The van der Waals surface area contributed by atoms with Crippen LogP contribution in [-0.2, 0) is 25.6 Å². The zero-order valence-electron chi connectivity index (χ0n) is 18.7. The van der Waals surface area contributed by atoms with E-state index >= 15 is 0 Å². The second kappa shape index (κ2) is 12.5. The molecule has 0 heterocycles. The summed E-state index contributed by atoms with van der Waals surface area (Å²) >= 11 is 0. The fraction of sp³-hybridized carbons (Fsp3) is 0.360. The Morgan fingerprint density at radius 2 is 1.55 bits per heavy atom. The lowest BCUT2D eigenvalue weighted by atomic mass is 9.97. The van der Waals surface area contributed by atoms with Crippen LogP contribution < -0.4 is 10.6 Å². The third-order valence-corrected chi connectivity index (χ3v) is 5.03. The van der Waals surface area contributed by atoms with Crippen LogP contribution in [0.2, 0.25) is 0 Å². The van der Waals surface area contributed by atoms with Gasteiger partial charge < -0.3 is 15.7 Å². The van der Waals surface area contributed by atoms with Crippen molar-refractivity contribution in [1.82, 2.24) is 10.6 Å². The Hall–Kier alpha value is -3.55. The lowest BCUT2D eigenvalue weighted by molar-refractivity contribution is -0.140. The molecule has 7 nitrogen and oxygen atoms in total. The molecule has 0 aliphatic carbocycles. The zero-order valence-corrected chi connectivity index (χ0v) is 18.7. The minimum atomic E-state index is -1.50. The number of ketones is 1. The van der Waals surface area contributed by atoms with Gasteiger partial charge in [0.25, 0.3) is 0 Å². The van der Waals surface area contributed by atoms with E-state index in [4.69, 9.17) is 5.11 Å². The molecular weight excluding hydrogens is 427 g/mol.